The first-order valence-electron chi connectivity index (χ1n) is 8.32. The number of aromatic nitrogens is 1. The Morgan fingerprint density at radius 3 is 2.78 bits per heavy atom. The van der Waals surface area contributed by atoms with Gasteiger partial charge in [-0.25, -0.2) is 4.79 Å². The molecule has 0 spiro atoms. The summed E-state index contributed by atoms with van der Waals surface area (Å²) in [6.07, 6.45) is 3.35. The van der Waals surface area contributed by atoms with Crippen LogP contribution in [0.5, 0.6) is 0 Å². The Morgan fingerprint density at radius 1 is 1.39 bits per heavy atom. The van der Waals surface area contributed by atoms with Gasteiger partial charge in [0.15, 0.2) is 0 Å². The van der Waals surface area contributed by atoms with Gasteiger partial charge in [-0.05, 0) is 38.8 Å². The first-order valence-corrected chi connectivity index (χ1v) is 8.32. The molecule has 0 unspecified atom stereocenters. The molecule has 6 heteroatoms. The number of hydrogen-bond acceptors (Lipinski definition) is 3. The van der Waals surface area contributed by atoms with Gasteiger partial charge < -0.3 is 15.1 Å². The first-order chi connectivity index (χ1) is 11.0. The Hall–Kier alpha value is -2.11. The fraction of sp³-hybridized carbons (Fsp3) is 0.588. The Bertz CT molecular complexity index is 544. The minimum Gasteiger partial charge on any atom is -0.336 e. The summed E-state index contributed by atoms with van der Waals surface area (Å²) >= 11 is 0. The van der Waals surface area contributed by atoms with E-state index in [1.807, 2.05) is 19.9 Å². The molecule has 3 amide bonds. The van der Waals surface area contributed by atoms with Crippen molar-refractivity contribution in [2.75, 3.05) is 26.2 Å². The highest BCUT2D eigenvalue weighted by molar-refractivity contribution is 5.94. The van der Waals surface area contributed by atoms with E-state index in [2.05, 4.69) is 17.2 Å². The number of rotatable bonds is 5. The van der Waals surface area contributed by atoms with Crippen molar-refractivity contribution in [3.63, 3.8) is 0 Å². The third-order valence-electron chi connectivity index (χ3n) is 4.12. The van der Waals surface area contributed by atoms with Crippen molar-refractivity contribution in [2.45, 2.75) is 39.7 Å². The predicted octanol–water partition coefficient (Wildman–Crippen LogP) is 2.05. The number of carbonyl (C=O) groups excluding carboxylic acids is 2. The van der Waals surface area contributed by atoms with E-state index >= 15 is 0 Å². The number of nitrogens with one attached hydrogen (secondary N) is 1. The number of likely N-dealkylation sites (tertiary alicyclic amines) is 1. The largest absolute Gasteiger partial charge is 0.336 e. The van der Waals surface area contributed by atoms with E-state index in [1.165, 1.54) is 0 Å². The van der Waals surface area contributed by atoms with E-state index < -0.39 is 0 Å². The molecule has 0 aromatic carbocycles. The summed E-state index contributed by atoms with van der Waals surface area (Å²) in [4.78, 5) is 32.4. The molecule has 2 heterocycles. The molecule has 1 atom stereocenters. The van der Waals surface area contributed by atoms with Gasteiger partial charge in [0.05, 0.1) is 5.56 Å². The topological polar surface area (TPSA) is 65.5 Å². The van der Waals surface area contributed by atoms with E-state index in [1.54, 1.807) is 22.1 Å². The van der Waals surface area contributed by atoms with E-state index in [0.717, 1.165) is 25.1 Å². The van der Waals surface area contributed by atoms with Crippen LogP contribution in [0.1, 0.15) is 42.7 Å². The molecule has 1 saturated heterocycles. The van der Waals surface area contributed by atoms with Crippen LogP contribution in [0.15, 0.2) is 18.3 Å². The molecule has 0 bridgehead atoms. The summed E-state index contributed by atoms with van der Waals surface area (Å²) in [5.74, 6) is -0.0184. The Balaban J connectivity index is 1.89. The number of nitrogens with zero attached hydrogens (tertiary/aromatic N) is 3. The molecular formula is C17H26N4O2. The summed E-state index contributed by atoms with van der Waals surface area (Å²) in [7, 11) is 0. The van der Waals surface area contributed by atoms with Crippen LogP contribution in [0, 0.1) is 6.92 Å². The number of carbonyl (C=O) groups is 2. The maximum atomic E-state index is 12.4. The van der Waals surface area contributed by atoms with Crippen molar-refractivity contribution >= 4 is 11.9 Å². The zero-order chi connectivity index (χ0) is 16.8. The van der Waals surface area contributed by atoms with E-state index in [4.69, 9.17) is 0 Å². The lowest BCUT2D eigenvalue weighted by Gasteiger charge is -2.23. The summed E-state index contributed by atoms with van der Waals surface area (Å²) in [5.41, 5.74) is 1.49. The number of urea groups is 1. The second-order valence-corrected chi connectivity index (χ2v) is 5.95. The van der Waals surface area contributed by atoms with Crippen molar-refractivity contribution in [3.8, 4) is 0 Å². The highest BCUT2D eigenvalue weighted by Gasteiger charge is 2.28. The van der Waals surface area contributed by atoms with Gasteiger partial charge in [0.25, 0.3) is 5.91 Å². The van der Waals surface area contributed by atoms with Crippen LogP contribution in [-0.2, 0) is 0 Å². The zero-order valence-corrected chi connectivity index (χ0v) is 14.2. The summed E-state index contributed by atoms with van der Waals surface area (Å²) in [5, 5.41) is 3.04. The van der Waals surface area contributed by atoms with Gasteiger partial charge in [-0.15, -0.1) is 0 Å². The van der Waals surface area contributed by atoms with Crippen LogP contribution in [0.2, 0.25) is 0 Å². The summed E-state index contributed by atoms with van der Waals surface area (Å²) in [6.45, 7) is 8.60. The minimum absolute atomic E-state index is 0.0184. The van der Waals surface area contributed by atoms with Crippen LogP contribution in [0.25, 0.3) is 0 Å². The molecule has 0 radical (unpaired) electrons. The molecule has 1 aliphatic rings. The SMILES string of the molecule is CCCN(CC)C(=O)N[C@@H]1CCN(C(=O)c2ccc(C)nc2)C1. The van der Waals surface area contributed by atoms with E-state index in [-0.39, 0.29) is 18.0 Å². The fourth-order valence-electron chi connectivity index (χ4n) is 2.78. The third-order valence-corrected chi connectivity index (χ3v) is 4.12. The second kappa shape index (κ2) is 7.94. The molecule has 1 aromatic rings. The average Bonchev–Trinajstić information content (AvgIpc) is 3.01. The maximum absolute atomic E-state index is 12.4. The normalized spacial score (nSPS) is 17.2. The van der Waals surface area contributed by atoms with Gasteiger partial charge in [-0.3, -0.25) is 9.78 Å². The lowest BCUT2D eigenvalue weighted by Crippen LogP contribution is -2.46. The highest BCUT2D eigenvalue weighted by Crippen LogP contribution is 2.14. The van der Waals surface area contributed by atoms with Crippen LogP contribution < -0.4 is 5.32 Å². The van der Waals surface area contributed by atoms with Gasteiger partial charge in [-0.2, -0.15) is 0 Å². The second-order valence-electron chi connectivity index (χ2n) is 5.95. The number of amides is 3. The Kier molecular flexibility index (Phi) is 5.96. The zero-order valence-electron chi connectivity index (χ0n) is 14.2. The first kappa shape index (κ1) is 17.2. The quantitative estimate of drug-likeness (QED) is 0.903. The van der Waals surface area contributed by atoms with Crippen molar-refractivity contribution in [3.05, 3.63) is 29.6 Å². The van der Waals surface area contributed by atoms with Gasteiger partial charge >= 0.3 is 6.03 Å². The molecule has 23 heavy (non-hydrogen) atoms. The number of hydrogen-bond donors (Lipinski definition) is 1. The van der Waals surface area contributed by atoms with E-state index in [0.29, 0.717) is 25.2 Å². The fourth-order valence-corrected chi connectivity index (χ4v) is 2.78. The lowest BCUT2D eigenvalue weighted by molar-refractivity contribution is 0.0788. The molecule has 126 valence electrons. The summed E-state index contributed by atoms with van der Waals surface area (Å²) < 4.78 is 0. The monoisotopic (exact) mass is 318 g/mol. The van der Waals surface area contributed by atoms with Gasteiger partial charge in [0.1, 0.15) is 0 Å². The lowest BCUT2D eigenvalue weighted by atomic mass is 10.2. The van der Waals surface area contributed by atoms with Crippen molar-refractivity contribution in [1.29, 1.82) is 0 Å². The third kappa shape index (κ3) is 4.43. The van der Waals surface area contributed by atoms with E-state index in [9.17, 15) is 9.59 Å². The molecule has 0 aliphatic carbocycles. The smallest absolute Gasteiger partial charge is 0.317 e. The molecule has 0 saturated carbocycles. The molecule has 1 N–H and O–H groups in total. The van der Waals surface area contributed by atoms with Crippen LogP contribution >= 0.6 is 0 Å². The number of aryl methyl sites for hydroxylation is 1. The van der Waals surface area contributed by atoms with Crippen molar-refractivity contribution in [2.24, 2.45) is 0 Å². The molecule has 1 fully saturated rings. The Morgan fingerprint density at radius 2 is 2.17 bits per heavy atom. The van der Waals surface area contributed by atoms with Gasteiger partial charge in [0.2, 0.25) is 0 Å². The average molecular weight is 318 g/mol. The molecule has 2 rings (SSSR count). The predicted molar refractivity (Wildman–Crippen MR) is 89.4 cm³/mol. The molecule has 6 nitrogen and oxygen atoms in total. The Labute approximate surface area is 137 Å². The molecular weight excluding hydrogens is 292 g/mol. The molecule has 1 aliphatic heterocycles. The van der Waals surface area contributed by atoms with Gasteiger partial charge in [0, 0.05) is 44.1 Å². The van der Waals surface area contributed by atoms with Crippen LogP contribution in [0.3, 0.4) is 0 Å². The standard InChI is InChI=1S/C17H26N4O2/c1-4-9-20(5-2)17(23)19-15-8-10-21(12-15)16(22)14-7-6-13(3)18-11-14/h6-7,11,15H,4-5,8-10,12H2,1-3H3,(H,19,23)/t15-/m1/s1. The van der Waals surface area contributed by atoms with Crippen LogP contribution in [0.4, 0.5) is 4.79 Å². The minimum atomic E-state index is -0.0364. The number of pyridine rings is 1. The highest BCUT2D eigenvalue weighted by atomic mass is 16.2. The molecule has 1 aromatic heterocycles. The maximum Gasteiger partial charge on any atom is 0.317 e. The van der Waals surface area contributed by atoms with Crippen molar-refractivity contribution < 1.29 is 9.59 Å². The van der Waals surface area contributed by atoms with Gasteiger partial charge in [-0.1, -0.05) is 6.92 Å². The van der Waals surface area contributed by atoms with Crippen LogP contribution in [-0.4, -0.2) is 58.9 Å². The van der Waals surface area contributed by atoms with Crippen molar-refractivity contribution in [1.82, 2.24) is 20.1 Å². The summed E-state index contributed by atoms with van der Waals surface area (Å²) in [6, 6.07) is 3.63.